The third-order valence-electron chi connectivity index (χ3n) is 3.82. The molecule has 0 aliphatic carbocycles. The second-order valence-electron chi connectivity index (χ2n) is 5.26. The summed E-state index contributed by atoms with van der Waals surface area (Å²) < 4.78 is 5.29. The molecule has 3 rings (SSSR count). The van der Waals surface area contributed by atoms with Gasteiger partial charge < -0.3 is 15.0 Å². The zero-order valence-electron chi connectivity index (χ0n) is 12.2. The topological polar surface area (TPSA) is 50.3 Å². The fraction of sp³-hybridized carbons (Fsp3) is 0.375. The lowest BCUT2D eigenvalue weighted by atomic mass is 10.1. The highest BCUT2D eigenvalue weighted by Crippen LogP contribution is 2.26. The van der Waals surface area contributed by atoms with E-state index in [1.165, 1.54) is 12.1 Å². The number of hydrogen-bond acceptors (Lipinski definition) is 5. The van der Waals surface area contributed by atoms with Gasteiger partial charge in [-0.2, -0.15) is 0 Å². The number of nitrogens with zero attached hydrogens (tertiary/aromatic N) is 3. The van der Waals surface area contributed by atoms with Crippen LogP contribution in [0.1, 0.15) is 6.42 Å². The molecule has 5 heteroatoms. The van der Waals surface area contributed by atoms with E-state index in [4.69, 9.17) is 4.74 Å². The largest absolute Gasteiger partial charge is 0.497 e. The Kier molecular flexibility index (Phi) is 4.19. The Bertz CT molecular complexity index is 575. The van der Waals surface area contributed by atoms with Crippen LogP contribution in [-0.4, -0.2) is 36.7 Å². The van der Waals surface area contributed by atoms with Crippen molar-refractivity contribution in [2.24, 2.45) is 5.92 Å². The van der Waals surface area contributed by atoms with Gasteiger partial charge >= 0.3 is 0 Å². The molecule has 1 fully saturated rings. The molecular formula is C16H20N4O. The highest BCUT2D eigenvalue weighted by molar-refractivity contribution is 5.51. The first-order chi connectivity index (χ1) is 10.3. The normalized spacial score (nSPS) is 17.8. The molecule has 1 N–H and O–H groups in total. The number of rotatable bonds is 5. The van der Waals surface area contributed by atoms with Gasteiger partial charge in [-0.1, -0.05) is 6.07 Å². The summed E-state index contributed by atoms with van der Waals surface area (Å²) in [6, 6.07) is 10.1. The van der Waals surface area contributed by atoms with Crippen LogP contribution in [0.2, 0.25) is 0 Å². The van der Waals surface area contributed by atoms with Crippen molar-refractivity contribution in [3.8, 4) is 5.75 Å². The summed E-state index contributed by atoms with van der Waals surface area (Å²) in [5.74, 6) is 2.23. The van der Waals surface area contributed by atoms with Crippen LogP contribution in [0.3, 0.4) is 0 Å². The van der Waals surface area contributed by atoms with Crippen LogP contribution in [0.15, 0.2) is 42.7 Å². The van der Waals surface area contributed by atoms with Gasteiger partial charge in [0.05, 0.1) is 7.11 Å². The van der Waals surface area contributed by atoms with Gasteiger partial charge in [-0.15, -0.1) is 0 Å². The molecule has 1 aromatic carbocycles. The van der Waals surface area contributed by atoms with Gasteiger partial charge in [0.15, 0.2) is 0 Å². The first kappa shape index (κ1) is 13.7. The van der Waals surface area contributed by atoms with Crippen LogP contribution in [0.5, 0.6) is 5.75 Å². The van der Waals surface area contributed by atoms with E-state index in [9.17, 15) is 0 Å². The van der Waals surface area contributed by atoms with Crippen molar-refractivity contribution < 1.29 is 4.74 Å². The van der Waals surface area contributed by atoms with Gasteiger partial charge in [-0.05, 0) is 30.5 Å². The fourth-order valence-electron chi connectivity index (χ4n) is 2.67. The van der Waals surface area contributed by atoms with Crippen LogP contribution >= 0.6 is 0 Å². The zero-order chi connectivity index (χ0) is 14.5. The van der Waals surface area contributed by atoms with E-state index in [0.29, 0.717) is 11.9 Å². The van der Waals surface area contributed by atoms with Crippen molar-refractivity contribution in [2.75, 3.05) is 37.0 Å². The van der Waals surface area contributed by atoms with Crippen LogP contribution in [0.4, 0.5) is 11.6 Å². The summed E-state index contributed by atoms with van der Waals surface area (Å²) in [6.45, 7) is 3.03. The predicted octanol–water partition coefficient (Wildman–Crippen LogP) is 2.42. The van der Waals surface area contributed by atoms with Crippen molar-refractivity contribution in [1.29, 1.82) is 0 Å². The van der Waals surface area contributed by atoms with E-state index in [-0.39, 0.29) is 0 Å². The second-order valence-corrected chi connectivity index (χ2v) is 5.26. The molecule has 2 aromatic rings. The molecule has 110 valence electrons. The molecule has 0 saturated carbocycles. The summed E-state index contributed by atoms with van der Waals surface area (Å²) in [6.07, 6.45) is 4.69. The Labute approximate surface area is 125 Å². The Morgan fingerprint density at radius 1 is 1.29 bits per heavy atom. The quantitative estimate of drug-likeness (QED) is 0.914. The second kappa shape index (κ2) is 6.43. The van der Waals surface area contributed by atoms with Crippen molar-refractivity contribution in [2.45, 2.75) is 6.42 Å². The number of aromatic nitrogens is 2. The number of anilines is 2. The van der Waals surface area contributed by atoms with Gasteiger partial charge in [0.1, 0.15) is 5.75 Å². The standard InChI is InChI=1S/C16H20N4O/c1-21-15-5-2-4-14(10-15)20-9-6-13(12-20)11-19-16-17-7-3-8-18-16/h2-5,7-8,10,13H,6,9,11-12H2,1H3,(H,17,18,19). The van der Waals surface area contributed by atoms with E-state index in [0.717, 1.165) is 25.4 Å². The number of benzene rings is 1. The van der Waals surface area contributed by atoms with E-state index in [1.807, 2.05) is 18.2 Å². The van der Waals surface area contributed by atoms with Crippen molar-refractivity contribution in [3.05, 3.63) is 42.7 Å². The first-order valence-electron chi connectivity index (χ1n) is 7.25. The lowest BCUT2D eigenvalue weighted by molar-refractivity contribution is 0.415. The van der Waals surface area contributed by atoms with E-state index in [2.05, 4.69) is 32.3 Å². The molecule has 0 radical (unpaired) electrons. The molecule has 1 aliphatic rings. The van der Waals surface area contributed by atoms with E-state index in [1.54, 1.807) is 19.5 Å². The number of methoxy groups -OCH3 is 1. The molecule has 1 saturated heterocycles. The maximum absolute atomic E-state index is 5.29. The fourth-order valence-corrected chi connectivity index (χ4v) is 2.67. The summed E-state index contributed by atoms with van der Waals surface area (Å²) in [5.41, 5.74) is 1.23. The zero-order valence-corrected chi connectivity index (χ0v) is 12.2. The monoisotopic (exact) mass is 284 g/mol. The molecule has 1 atom stereocenters. The Morgan fingerprint density at radius 2 is 2.14 bits per heavy atom. The van der Waals surface area contributed by atoms with Gasteiger partial charge in [-0.25, -0.2) is 9.97 Å². The maximum atomic E-state index is 5.29. The van der Waals surface area contributed by atoms with Gasteiger partial charge in [-0.3, -0.25) is 0 Å². The Morgan fingerprint density at radius 3 is 2.95 bits per heavy atom. The summed E-state index contributed by atoms with van der Waals surface area (Å²) in [7, 11) is 1.70. The highest BCUT2D eigenvalue weighted by Gasteiger charge is 2.22. The molecule has 1 aliphatic heterocycles. The van der Waals surface area contributed by atoms with Crippen molar-refractivity contribution in [3.63, 3.8) is 0 Å². The Balaban J connectivity index is 1.55. The SMILES string of the molecule is COc1cccc(N2CCC(CNc3ncccn3)C2)c1. The third-order valence-corrected chi connectivity index (χ3v) is 3.82. The lowest BCUT2D eigenvalue weighted by Gasteiger charge is -2.19. The Hall–Kier alpha value is -2.30. The smallest absolute Gasteiger partial charge is 0.222 e. The predicted molar refractivity (Wildman–Crippen MR) is 83.8 cm³/mol. The minimum atomic E-state index is 0.611. The maximum Gasteiger partial charge on any atom is 0.222 e. The molecule has 21 heavy (non-hydrogen) atoms. The first-order valence-corrected chi connectivity index (χ1v) is 7.25. The van der Waals surface area contributed by atoms with Crippen LogP contribution in [0.25, 0.3) is 0 Å². The van der Waals surface area contributed by atoms with Gasteiger partial charge in [0.2, 0.25) is 5.95 Å². The van der Waals surface area contributed by atoms with Gasteiger partial charge in [0, 0.05) is 43.8 Å². The average molecular weight is 284 g/mol. The van der Waals surface area contributed by atoms with Gasteiger partial charge in [0.25, 0.3) is 0 Å². The molecule has 1 unspecified atom stereocenters. The van der Waals surface area contributed by atoms with Crippen LogP contribution in [-0.2, 0) is 0 Å². The summed E-state index contributed by atoms with van der Waals surface area (Å²) >= 11 is 0. The van der Waals surface area contributed by atoms with Crippen molar-refractivity contribution in [1.82, 2.24) is 9.97 Å². The molecular weight excluding hydrogens is 264 g/mol. The number of nitrogens with one attached hydrogen (secondary N) is 1. The number of ether oxygens (including phenoxy) is 1. The molecule has 5 nitrogen and oxygen atoms in total. The minimum absolute atomic E-state index is 0.611. The minimum Gasteiger partial charge on any atom is -0.497 e. The molecule has 2 heterocycles. The molecule has 0 amide bonds. The lowest BCUT2D eigenvalue weighted by Crippen LogP contribution is -2.22. The molecule has 1 aromatic heterocycles. The number of hydrogen-bond donors (Lipinski definition) is 1. The molecule has 0 spiro atoms. The van der Waals surface area contributed by atoms with E-state index >= 15 is 0 Å². The average Bonchev–Trinajstić information content (AvgIpc) is 3.03. The molecule has 0 bridgehead atoms. The van der Waals surface area contributed by atoms with E-state index < -0.39 is 0 Å². The third kappa shape index (κ3) is 3.42. The summed E-state index contributed by atoms with van der Waals surface area (Å²) in [4.78, 5) is 10.8. The highest BCUT2D eigenvalue weighted by atomic mass is 16.5. The van der Waals surface area contributed by atoms with Crippen LogP contribution in [0, 0.1) is 5.92 Å². The van der Waals surface area contributed by atoms with Crippen LogP contribution < -0.4 is 15.0 Å². The van der Waals surface area contributed by atoms with Crippen molar-refractivity contribution >= 4 is 11.6 Å². The summed E-state index contributed by atoms with van der Waals surface area (Å²) in [5, 5.41) is 3.31.